The van der Waals surface area contributed by atoms with Gasteiger partial charge in [0.2, 0.25) is 5.91 Å². The molecule has 7 rings (SSSR count). The van der Waals surface area contributed by atoms with Crippen molar-refractivity contribution in [3.8, 4) is 0 Å². The molecule has 0 saturated heterocycles. The number of carbonyl (C=O) groups excluding carboxylic acids is 2. The van der Waals surface area contributed by atoms with Crippen LogP contribution in [0.2, 0.25) is 0 Å². The smallest absolute Gasteiger partial charge is 0.268 e. The number of nitrogens with zero attached hydrogens (tertiary/aromatic N) is 2. The molecule has 34 heavy (non-hydrogen) atoms. The molecule has 6 nitrogen and oxygen atoms in total. The second-order valence-electron chi connectivity index (χ2n) is 12.3. The Hall–Kier alpha value is -2.37. The molecule has 5 saturated carbocycles. The zero-order chi connectivity index (χ0) is 22.9. The highest BCUT2D eigenvalue weighted by molar-refractivity contribution is 5.93. The summed E-state index contributed by atoms with van der Waals surface area (Å²) in [7, 11) is 0. The molecule has 1 spiro atoms. The maximum Gasteiger partial charge on any atom is 0.268 e. The van der Waals surface area contributed by atoms with Crippen LogP contribution in [0.25, 0.3) is 5.65 Å². The minimum atomic E-state index is -0.0528. The van der Waals surface area contributed by atoms with Crippen molar-refractivity contribution < 1.29 is 9.59 Å². The molecule has 2 bridgehead atoms. The van der Waals surface area contributed by atoms with Gasteiger partial charge in [0.25, 0.3) is 5.91 Å². The van der Waals surface area contributed by atoms with Crippen molar-refractivity contribution in [2.24, 2.45) is 28.6 Å². The van der Waals surface area contributed by atoms with Gasteiger partial charge in [-0.05, 0) is 92.1 Å². The fourth-order valence-electron chi connectivity index (χ4n) is 8.48. The molecule has 0 radical (unpaired) electrons. The molecule has 0 aromatic carbocycles. The fourth-order valence-corrected chi connectivity index (χ4v) is 8.48. The lowest BCUT2D eigenvalue weighted by Crippen LogP contribution is -2.36. The van der Waals surface area contributed by atoms with Crippen LogP contribution in [0.15, 0.2) is 24.4 Å². The molecule has 2 aromatic heterocycles. The Morgan fingerprint density at radius 1 is 1.12 bits per heavy atom. The first-order chi connectivity index (χ1) is 16.5. The van der Waals surface area contributed by atoms with Crippen LogP contribution in [-0.2, 0) is 11.2 Å². The average molecular weight is 461 g/mol. The molecular formula is C28H36N4O2. The summed E-state index contributed by atoms with van der Waals surface area (Å²) in [5.41, 5.74) is 3.27. The van der Waals surface area contributed by atoms with Crippen LogP contribution in [0.4, 0.5) is 0 Å². The highest BCUT2D eigenvalue weighted by Crippen LogP contribution is 2.84. The molecule has 5 aliphatic carbocycles. The first kappa shape index (κ1) is 21.0. The molecule has 2 amide bonds. The van der Waals surface area contributed by atoms with E-state index in [4.69, 9.17) is 0 Å². The Balaban J connectivity index is 0.965. The zero-order valence-electron chi connectivity index (χ0n) is 20.0. The summed E-state index contributed by atoms with van der Waals surface area (Å²) in [6.45, 7) is 0.779. The van der Waals surface area contributed by atoms with Crippen molar-refractivity contribution in [3.63, 3.8) is 0 Å². The summed E-state index contributed by atoms with van der Waals surface area (Å²) in [6.07, 6.45) is 16.2. The second-order valence-corrected chi connectivity index (χ2v) is 12.3. The maximum absolute atomic E-state index is 12.9. The van der Waals surface area contributed by atoms with E-state index >= 15 is 0 Å². The van der Waals surface area contributed by atoms with Gasteiger partial charge in [0.05, 0.1) is 12.1 Å². The number of pyridine rings is 1. The van der Waals surface area contributed by atoms with Crippen LogP contribution in [0.5, 0.6) is 0 Å². The number of nitrogens with one attached hydrogen (secondary N) is 2. The van der Waals surface area contributed by atoms with E-state index in [0.29, 0.717) is 16.8 Å². The van der Waals surface area contributed by atoms with Crippen LogP contribution in [-0.4, -0.2) is 33.8 Å². The summed E-state index contributed by atoms with van der Waals surface area (Å²) in [5.74, 6) is 3.05. The third-order valence-electron chi connectivity index (χ3n) is 10.1. The monoisotopic (exact) mass is 460 g/mol. The van der Waals surface area contributed by atoms with E-state index in [1.165, 1.54) is 51.4 Å². The van der Waals surface area contributed by atoms with Crippen LogP contribution < -0.4 is 10.6 Å². The summed E-state index contributed by atoms with van der Waals surface area (Å²) in [4.78, 5) is 30.3. The molecule has 6 heteroatoms. The van der Waals surface area contributed by atoms with E-state index in [2.05, 4.69) is 15.6 Å². The molecule has 2 aromatic rings. The summed E-state index contributed by atoms with van der Waals surface area (Å²) >= 11 is 0. The predicted molar refractivity (Wildman–Crippen MR) is 129 cm³/mol. The van der Waals surface area contributed by atoms with Crippen molar-refractivity contribution >= 4 is 17.5 Å². The third-order valence-corrected chi connectivity index (χ3v) is 10.1. The number of rotatable bonds is 7. The standard InChI is InChI=1S/C28H36N4O2/c33-25(29-10-9-27-13-18-11-22(18)28(17-27)15-19(28)14-27)12-21-16-32-23(7-4-8-24(32)30-21)26(34)31-20-5-2-1-3-6-20/h4,7-8,16,18-20,22H,1-3,5-6,9-15,17H2,(H,29,33)(H,31,34). The Labute approximate surface area is 201 Å². The van der Waals surface area contributed by atoms with Crippen LogP contribution in [0.3, 0.4) is 0 Å². The normalized spacial score (nSPS) is 35.5. The number of amides is 2. The van der Waals surface area contributed by atoms with Crippen molar-refractivity contribution in [1.29, 1.82) is 0 Å². The van der Waals surface area contributed by atoms with Gasteiger partial charge in [-0.3, -0.25) is 14.0 Å². The third kappa shape index (κ3) is 3.47. The molecule has 2 N–H and O–H groups in total. The van der Waals surface area contributed by atoms with Crippen molar-refractivity contribution in [2.45, 2.75) is 83.1 Å². The molecule has 5 unspecified atom stereocenters. The van der Waals surface area contributed by atoms with E-state index in [1.54, 1.807) is 0 Å². The SMILES string of the molecule is O=C(Cc1cn2c(C(=O)NC3CCCCC3)cccc2n1)NCCC12CC3CC3C3(CC3C1)C2. The van der Waals surface area contributed by atoms with Crippen molar-refractivity contribution in [3.05, 3.63) is 35.8 Å². The van der Waals surface area contributed by atoms with E-state index in [9.17, 15) is 9.59 Å². The van der Waals surface area contributed by atoms with Crippen LogP contribution >= 0.6 is 0 Å². The number of aromatic nitrogens is 2. The Kier molecular flexibility index (Phi) is 4.66. The second kappa shape index (κ2) is 7.56. The van der Waals surface area contributed by atoms with Gasteiger partial charge in [0.15, 0.2) is 0 Å². The minimum absolute atomic E-state index is 0.0333. The number of carbonyl (C=O) groups is 2. The van der Waals surface area contributed by atoms with E-state index in [0.717, 1.165) is 54.6 Å². The molecule has 5 aliphatic rings. The highest BCUT2D eigenvalue weighted by Gasteiger charge is 2.75. The number of hydrogen-bond acceptors (Lipinski definition) is 3. The Morgan fingerprint density at radius 3 is 2.88 bits per heavy atom. The van der Waals surface area contributed by atoms with Gasteiger partial charge >= 0.3 is 0 Å². The molecular weight excluding hydrogens is 424 g/mol. The lowest BCUT2D eigenvalue weighted by atomic mass is 9.69. The predicted octanol–water partition coefficient (Wildman–Crippen LogP) is 4.27. The summed E-state index contributed by atoms with van der Waals surface area (Å²) < 4.78 is 1.83. The molecule has 180 valence electrons. The lowest BCUT2D eigenvalue weighted by Gasteiger charge is -2.36. The Morgan fingerprint density at radius 2 is 2.00 bits per heavy atom. The van der Waals surface area contributed by atoms with Gasteiger partial charge in [-0.25, -0.2) is 4.98 Å². The van der Waals surface area contributed by atoms with E-state index in [1.807, 2.05) is 28.8 Å². The fraction of sp³-hybridized carbons (Fsp3) is 0.679. The van der Waals surface area contributed by atoms with Gasteiger partial charge < -0.3 is 10.6 Å². The highest BCUT2D eigenvalue weighted by atomic mass is 16.2. The van der Waals surface area contributed by atoms with Crippen molar-refractivity contribution in [1.82, 2.24) is 20.0 Å². The van der Waals surface area contributed by atoms with Gasteiger partial charge in [-0.15, -0.1) is 0 Å². The molecule has 0 aliphatic heterocycles. The molecule has 5 fully saturated rings. The quantitative estimate of drug-likeness (QED) is 0.648. The van der Waals surface area contributed by atoms with Gasteiger partial charge in [0, 0.05) is 18.8 Å². The maximum atomic E-state index is 12.9. The number of hydrogen-bond donors (Lipinski definition) is 2. The number of imidazole rings is 1. The van der Waals surface area contributed by atoms with Gasteiger partial charge in [-0.2, -0.15) is 0 Å². The Bertz CT molecular complexity index is 1150. The summed E-state index contributed by atoms with van der Waals surface area (Å²) in [5, 5.41) is 6.37. The zero-order valence-corrected chi connectivity index (χ0v) is 20.0. The largest absolute Gasteiger partial charge is 0.356 e. The van der Waals surface area contributed by atoms with Crippen molar-refractivity contribution in [2.75, 3.05) is 6.54 Å². The first-order valence-corrected chi connectivity index (χ1v) is 13.6. The average Bonchev–Trinajstić information content (AvgIpc) is 3.66. The van der Waals surface area contributed by atoms with Crippen LogP contribution in [0.1, 0.15) is 86.8 Å². The topological polar surface area (TPSA) is 75.5 Å². The molecule has 5 atom stereocenters. The van der Waals surface area contributed by atoms with E-state index < -0.39 is 0 Å². The minimum Gasteiger partial charge on any atom is -0.356 e. The van der Waals surface area contributed by atoms with Gasteiger partial charge in [-0.1, -0.05) is 25.3 Å². The van der Waals surface area contributed by atoms with Gasteiger partial charge in [0.1, 0.15) is 11.3 Å². The van der Waals surface area contributed by atoms with E-state index in [-0.39, 0.29) is 24.3 Å². The number of fused-ring (bicyclic) bond motifs is 3. The first-order valence-electron chi connectivity index (χ1n) is 13.6. The lowest BCUT2D eigenvalue weighted by molar-refractivity contribution is -0.120. The summed E-state index contributed by atoms with van der Waals surface area (Å²) in [6, 6.07) is 5.87. The molecule has 2 heterocycles. The van der Waals surface area contributed by atoms with Crippen LogP contribution in [0, 0.1) is 28.6 Å².